The van der Waals surface area contributed by atoms with E-state index in [2.05, 4.69) is 4.98 Å². The van der Waals surface area contributed by atoms with Crippen molar-refractivity contribution in [1.82, 2.24) is 9.55 Å². The molecule has 0 radical (unpaired) electrons. The Bertz CT molecular complexity index is 1270. The zero-order chi connectivity index (χ0) is 29.1. The minimum absolute atomic E-state index is 0.176. The van der Waals surface area contributed by atoms with Gasteiger partial charge in [-0.05, 0) is 32.9 Å². The minimum Gasteiger partial charge on any atom is -0.463 e. The van der Waals surface area contributed by atoms with Crippen LogP contribution in [0.3, 0.4) is 0 Å². The normalized spacial score (nSPS) is 26.1. The molecule has 15 heteroatoms. The smallest absolute Gasteiger partial charge is 0.380 e. The average Bonchev–Trinajstić information content (AvgIpc) is 3.12. The lowest BCUT2D eigenvalue weighted by atomic mass is 9.91. The molecule has 1 aliphatic rings. The van der Waals surface area contributed by atoms with E-state index in [9.17, 15) is 28.0 Å². The van der Waals surface area contributed by atoms with Gasteiger partial charge in [-0.2, -0.15) is 4.98 Å². The number of anilines is 1. The van der Waals surface area contributed by atoms with Crippen LogP contribution in [0.5, 0.6) is 5.75 Å². The second kappa shape index (κ2) is 12.1. The molecule has 5 N–H and O–H groups in total. The van der Waals surface area contributed by atoms with Gasteiger partial charge in [-0.25, -0.2) is 18.1 Å². The Morgan fingerprint density at radius 1 is 1.28 bits per heavy atom. The number of aliphatic hydroxyl groups is 1. The van der Waals surface area contributed by atoms with E-state index in [0.717, 1.165) is 0 Å². The molecule has 12 nitrogen and oxygen atoms in total. The number of benzene rings is 1. The summed E-state index contributed by atoms with van der Waals surface area (Å²) in [4.78, 5) is 28.1. The molecular formula is C24H33F2N4O8P. The Labute approximate surface area is 223 Å². The average molecular weight is 575 g/mol. The lowest BCUT2D eigenvalue weighted by Gasteiger charge is -2.31. The highest BCUT2D eigenvalue weighted by molar-refractivity contribution is 7.54. The van der Waals surface area contributed by atoms with Gasteiger partial charge in [0.15, 0.2) is 17.9 Å². The van der Waals surface area contributed by atoms with Crippen molar-refractivity contribution in [1.29, 1.82) is 0 Å². The van der Waals surface area contributed by atoms with Gasteiger partial charge in [0, 0.05) is 0 Å². The number of esters is 1. The molecule has 2 heterocycles. The number of hydrogen-bond donors (Lipinski definition) is 3. The first kappa shape index (κ1) is 30.6. The largest absolute Gasteiger partial charge is 0.463 e. The Morgan fingerprint density at radius 2 is 1.92 bits per heavy atom. The number of ether oxygens (including phenoxy) is 2. The van der Waals surface area contributed by atoms with Crippen LogP contribution in [0.25, 0.3) is 0 Å². The van der Waals surface area contributed by atoms with E-state index in [-0.39, 0.29) is 5.75 Å². The van der Waals surface area contributed by atoms with E-state index in [4.69, 9.17) is 30.0 Å². The number of para-hydroxylation sites is 1. The molecule has 0 saturated carbocycles. The van der Waals surface area contributed by atoms with Gasteiger partial charge in [0.2, 0.25) is 0 Å². The number of nitrogens with zero attached hydrogens (tertiary/aromatic N) is 2. The van der Waals surface area contributed by atoms with Gasteiger partial charge in [0.25, 0.3) is 0 Å². The number of aliphatic hydroxyl groups excluding tert-OH is 1. The van der Waals surface area contributed by atoms with Crippen molar-refractivity contribution < 1.29 is 41.8 Å². The predicted octanol–water partition coefficient (Wildman–Crippen LogP) is 2.15. The molecule has 7 atom stereocenters. The summed E-state index contributed by atoms with van der Waals surface area (Å²) in [6.45, 7) is 4.78. The molecule has 0 bridgehead atoms. The fourth-order valence-electron chi connectivity index (χ4n) is 4.08. The van der Waals surface area contributed by atoms with Gasteiger partial charge in [-0.15, -0.1) is 0 Å². The number of nitrogens with two attached hydrogens (primary N) is 2. The third-order valence-corrected chi connectivity index (χ3v) is 8.19. The van der Waals surface area contributed by atoms with Crippen molar-refractivity contribution in [2.75, 3.05) is 18.6 Å². The van der Waals surface area contributed by atoms with Gasteiger partial charge in [-0.1, -0.05) is 25.1 Å². The van der Waals surface area contributed by atoms with Crippen LogP contribution in [0, 0.1) is 11.7 Å². The Morgan fingerprint density at radius 3 is 2.51 bits per heavy atom. The summed E-state index contributed by atoms with van der Waals surface area (Å²) in [5.41, 5.74) is 8.09. The molecule has 0 spiro atoms. The Hall–Kier alpha value is -2.90. The number of halogens is 2. The maximum atomic E-state index is 14.2. The highest BCUT2D eigenvalue weighted by atomic mass is 31.2. The lowest BCUT2D eigenvalue weighted by Crippen LogP contribution is -2.58. The topological polar surface area (TPSA) is 178 Å². The fraction of sp³-hybridized carbons (Fsp3) is 0.542. The van der Waals surface area contributed by atoms with Crippen LogP contribution in [0.15, 0.2) is 41.3 Å². The number of carbonyl (C=O) groups excluding carboxylic acids is 1. The number of carbonyl (C=O) groups is 1. The summed E-state index contributed by atoms with van der Waals surface area (Å²) >= 11 is 0. The highest BCUT2D eigenvalue weighted by Crippen LogP contribution is 2.52. The summed E-state index contributed by atoms with van der Waals surface area (Å²) in [5.74, 6) is -3.15. The fourth-order valence-corrected chi connectivity index (χ4v) is 6.17. The number of rotatable bonds is 11. The predicted molar refractivity (Wildman–Crippen MR) is 136 cm³/mol. The van der Waals surface area contributed by atoms with Crippen molar-refractivity contribution in [2.24, 2.45) is 11.7 Å². The summed E-state index contributed by atoms with van der Waals surface area (Å²) in [5, 5.41) is 11.0. The quantitative estimate of drug-likeness (QED) is 0.265. The van der Waals surface area contributed by atoms with Crippen LogP contribution in [-0.2, 0) is 23.4 Å². The maximum absolute atomic E-state index is 14.2. The first-order valence-corrected chi connectivity index (χ1v) is 13.9. The van der Waals surface area contributed by atoms with Crippen LogP contribution in [0.1, 0.15) is 33.9 Å². The summed E-state index contributed by atoms with van der Waals surface area (Å²) in [7, 11) is -4.18. The van der Waals surface area contributed by atoms with Crippen LogP contribution < -0.4 is 21.7 Å². The molecule has 1 aromatic carbocycles. The SMILES string of the molecule is CC(C)OC(=O)[C@H](C)CP(=O)(Oc1ccccc1)O[C@@H](C)[C@H]1O[C@@H](n2cc(F)c(N)nc2=O)C(N)(CF)[C@H]1O. The van der Waals surface area contributed by atoms with Crippen molar-refractivity contribution in [2.45, 2.75) is 63.9 Å². The molecule has 1 saturated heterocycles. The molecular weight excluding hydrogens is 541 g/mol. The van der Waals surface area contributed by atoms with Gasteiger partial charge < -0.3 is 30.6 Å². The number of nitrogen functional groups attached to an aromatic ring is 1. The van der Waals surface area contributed by atoms with Crippen molar-refractivity contribution in [3.05, 3.63) is 52.8 Å². The van der Waals surface area contributed by atoms with Crippen LogP contribution in [-0.4, -0.2) is 63.4 Å². The zero-order valence-corrected chi connectivity index (χ0v) is 22.8. The second-order valence-electron chi connectivity index (χ2n) is 9.70. The summed E-state index contributed by atoms with van der Waals surface area (Å²) in [6.07, 6.45) is -6.48. The Kier molecular flexibility index (Phi) is 9.50. The molecule has 3 rings (SSSR count). The van der Waals surface area contributed by atoms with Gasteiger partial charge in [0.05, 0.1) is 30.5 Å². The maximum Gasteiger partial charge on any atom is 0.380 e. The zero-order valence-electron chi connectivity index (χ0n) is 21.9. The molecule has 1 aliphatic heterocycles. The van der Waals surface area contributed by atoms with E-state index in [0.29, 0.717) is 10.8 Å². The minimum atomic E-state index is -4.18. The standard InChI is InChI=1S/C24H33F2N4O8P/c1-13(2)35-21(32)14(3)11-39(34,38-16-8-6-5-7-9-16)37-15(4)18-19(31)24(28,12-25)22(36-18)30-10-17(26)20(27)29-23(30)33/h5-10,13-15,18-19,22,31H,11-12,28H2,1-4H3,(H2,27,29,33)/t14-,15+,18-,19+,22-,24?,39?/m1/s1. The van der Waals surface area contributed by atoms with Gasteiger partial charge in [0.1, 0.15) is 30.2 Å². The first-order chi connectivity index (χ1) is 18.2. The molecule has 1 fully saturated rings. The van der Waals surface area contributed by atoms with E-state index in [1.165, 1.54) is 26.0 Å². The number of alkyl halides is 1. The molecule has 2 unspecified atom stereocenters. The third-order valence-electron chi connectivity index (χ3n) is 6.05. The second-order valence-corrected chi connectivity index (χ2v) is 11.7. The van der Waals surface area contributed by atoms with E-state index < -0.39 is 85.8 Å². The summed E-state index contributed by atoms with van der Waals surface area (Å²) in [6, 6.07) is 8.03. The first-order valence-electron chi connectivity index (χ1n) is 12.2. The number of aromatic nitrogens is 2. The van der Waals surface area contributed by atoms with E-state index in [1.54, 1.807) is 32.0 Å². The van der Waals surface area contributed by atoms with E-state index in [1.807, 2.05) is 0 Å². The molecule has 216 valence electrons. The number of hydrogen-bond acceptors (Lipinski definition) is 11. The third kappa shape index (κ3) is 6.82. The molecule has 0 aliphatic carbocycles. The van der Waals surface area contributed by atoms with Gasteiger partial charge in [-0.3, -0.25) is 13.9 Å². The van der Waals surface area contributed by atoms with Crippen molar-refractivity contribution in [3.63, 3.8) is 0 Å². The van der Waals surface area contributed by atoms with Crippen molar-refractivity contribution in [3.8, 4) is 5.75 Å². The lowest BCUT2D eigenvalue weighted by molar-refractivity contribution is -0.151. The van der Waals surface area contributed by atoms with Crippen LogP contribution in [0.2, 0.25) is 0 Å². The van der Waals surface area contributed by atoms with Crippen LogP contribution in [0.4, 0.5) is 14.6 Å². The molecule has 0 amide bonds. The van der Waals surface area contributed by atoms with Crippen molar-refractivity contribution >= 4 is 19.4 Å². The monoisotopic (exact) mass is 574 g/mol. The van der Waals surface area contributed by atoms with Gasteiger partial charge >= 0.3 is 19.3 Å². The molecule has 39 heavy (non-hydrogen) atoms. The highest BCUT2D eigenvalue weighted by Gasteiger charge is 2.58. The Balaban J connectivity index is 1.91. The van der Waals surface area contributed by atoms with Crippen LogP contribution >= 0.6 is 7.60 Å². The molecule has 1 aromatic heterocycles. The van der Waals surface area contributed by atoms with E-state index >= 15 is 0 Å². The molecule has 2 aromatic rings. The summed E-state index contributed by atoms with van der Waals surface area (Å²) < 4.78 is 65.2.